The van der Waals surface area contributed by atoms with Crippen molar-refractivity contribution in [1.29, 1.82) is 0 Å². The average molecular weight is 430 g/mol. The van der Waals surface area contributed by atoms with Gasteiger partial charge in [-0.2, -0.15) is 0 Å². The number of carbonyl (C=O) groups is 2. The average Bonchev–Trinajstić information content (AvgIpc) is 3.39. The Hall–Kier alpha value is -3.61. The minimum absolute atomic E-state index is 0.0142. The Kier molecular flexibility index (Phi) is 4.58. The zero-order chi connectivity index (χ0) is 22.6. The van der Waals surface area contributed by atoms with E-state index in [4.69, 9.17) is 5.73 Å². The summed E-state index contributed by atoms with van der Waals surface area (Å²) in [6.07, 6.45) is 4.13. The minimum atomic E-state index is -1.02. The lowest BCUT2D eigenvalue weighted by molar-refractivity contribution is -0.124. The van der Waals surface area contributed by atoms with Gasteiger partial charge in [-0.1, -0.05) is 36.4 Å². The Morgan fingerprint density at radius 2 is 1.88 bits per heavy atom. The number of hydrogen-bond donors (Lipinski definition) is 1. The highest BCUT2D eigenvalue weighted by Crippen LogP contribution is 2.66. The molecule has 3 atom stereocenters. The fourth-order valence-corrected chi connectivity index (χ4v) is 5.26. The molecule has 6 nitrogen and oxygen atoms in total. The molecule has 7 heteroatoms. The second-order valence-corrected chi connectivity index (χ2v) is 8.68. The molecular formula is C25H23FN4O2. The van der Waals surface area contributed by atoms with E-state index >= 15 is 0 Å². The van der Waals surface area contributed by atoms with Gasteiger partial charge in [0.2, 0.25) is 5.91 Å². The number of aryl methyl sites for hydroxylation is 2. The Balaban J connectivity index is 1.74. The summed E-state index contributed by atoms with van der Waals surface area (Å²) in [7, 11) is 0. The number of aromatic nitrogens is 2. The van der Waals surface area contributed by atoms with E-state index in [-0.39, 0.29) is 17.4 Å². The minimum Gasteiger partial charge on any atom is -0.368 e. The molecule has 2 aliphatic rings. The van der Waals surface area contributed by atoms with Crippen LogP contribution in [0.2, 0.25) is 0 Å². The third kappa shape index (κ3) is 2.92. The van der Waals surface area contributed by atoms with E-state index < -0.39 is 23.4 Å². The molecule has 5 rings (SSSR count). The number of fused-ring (bicyclic) bond motifs is 3. The molecule has 2 N–H and O–H groups in total. The smallest absolute Gasteiger partial charge is 0.276 e. The summed E-state index contributed by atoms with van der Waals surface area (Å²) in [6, 6.07) is 11.4. The first-order valence-corrected chi connectivity index (χ1v) is 10.6. The number of carbonyl (C=O) groups excluding carboxylic acids is 2. The van der Waals surface area contributed by atoms with E-state index in [1.54, 1.807) is 36.1 Å². The monoisotopic (exact) mass is 430 g/mol. The van der Waals surface area contributed by atoms with Crippen molar-refractivity contribution >= 4 is 11.8 Å². The first kappa shape index (κ1) is 20.3. The van der Waals surface area contributed by atoms with Gasteiger partial charge in [-0.25, -0.2) is 9.37 Å². The molecule has 2 amide bonds. The number of hydrogen-bond acceptors (Lipinski definition) is 4. The molecule has 32 heavy (non-hydrogen) atoms. The molecular weight excluding hydrogens is 407 g/mol. The molecule has 1 fully saturated rings. The molecule has 1 heterocycles. The highest BCUT2D eigenvalue weighted by atomic mass is 19.1. The third-order valence-electron chi connectivity index (χ3n) is 6.71. The summed E-state index contributed by atoms with van der Waals surface area (Å²) in [5, 5.41) is 0. The van der Waals surface area contributed by atoms with Gasteiger partial charge in [-0.15, -0.1) is 0 Å². The van der Waals surface area contributed by atoms with Gasteiger partial charge in [0.05, 0.1) is 11.2 Å². The molecule has 1 saturated carbocycles. The van der Waals surface area contributed by atoms with Crippen molar-refractivity contribution < 1.29 is 14.0 Å². The topological polar surface area (TPSA) is 89.2 Å². The van der Waals surface area contributed by atoms with Crippen LogP contribution in [0.15, 0.2) is 54.9 Å². The Labute approximate surface area is 185 Å². The van der Waals surface area contributed by atoms with Crippen molar-refractivity contribution in [2.45, 2.75) is 38.3 Å². The van der Waals surface area contributed by atoms with Gasteiger partial charge in [0, 0.05) is 12.4 Å². The Bertz CT molecular complexity index is 1250. The molecule has 2 unspecified atom stereocenters. The van der Waals surface area contributed by atoms with E-state index in [2.05, 4.69) is 9.97 Å². The number of amides is 2. The Morgan fingerprint density at radius 3 is 2.56 bits per heavy atom. The number of benzene rings is 2. The lowest BCUT2D eigenvalue weighted by Gasteiger charge is -2.38. The van der Waals surface area contributed by atoms with Crippen LogP contribution >= 0.6 is 0 Å². The van der Waals surface area contributed by atoms with Crippen LogP contribution in [-0.2, 0) is 16.8 Å². The van der Waals surface area contributed by atoms with Crippen molar-refractivity contribution in [3.05, 3.63) is 94.3 Å². The van der Waals surface area contributed by atoms with E-state index in [0.29, 0.717) is 29.7 Å². The van der Waals surface area contributed by atoms with Gasteiger partial charge in [-0.05, 0) is 60.9 Å². The van der Waals surface area contributed by atoms with Gasteiger partial charge in [-0.3, -0.25) is 14.6 Å². The largest absolute Gasteiger partial charge is 0.368 e. The highest BCUT2D eigenvalue weighted by molar-refractivity contribution is 5.98. The molecule has 0 aliphatic heterocycles. The quantitative estimate of drug-likeness (QED) is 0.672. The van der Waals surface area contributed by atoms with E-state index in [0.717, 1.165) is 11.1 Å². The molecule has 162 valence electrons. The summed E-state index contributed by atoms with van der Waals surface area (Å²) >= 11 is 0. The van der Waals surface area contributed by atoms with Crippen molar-refractivity contribution in [2.24, 2.45) is 11.7 Å². The van der Waals surface area contributed by atoms with E-state index in [1.807, 2.05) is 19.1 Å². The van der Waals surface area contributed by atoms with Gasteiger partial charge in [0.1, 0.15) is 17.6 Å². The van der Waals surface area contributed by atoms with Crippen molar-refractivity contribution in [3.63, 3.8) is 0 Å². The zero-order valence-corrected chi connectivity index (χ0v) is 17.9. The second-order valence-electron chi connectivity index (χ2n) is 8.68. The lowest BCUT2D eigenvalue weighted by Crippen LogP contribution is -2.48. The van der Waals surface area contributed by atoms with Crippen LogP contribution < -0.4 is 5.73 Å². The van der Waals surface area contributed by atoms with Crippen LogP contribution in [0.3, 0.4) is 0 Å². The normalized spacial score (nSPS) is 21.4. The first-order valence-electron chi connectivity index (χ1n) is 10.6. The highest BCUT2D eigenvalue weighted by Gasteiger charge is 2.67. The number of primary amides is 1. The first-order chi connectivity index (χ1) is 15.3. The summed E-state index contributed by atoms with van der Waals surface area (Å²) < 4.78 is 14.8. The summed E-state index contributed by atoms with van der Waals surface area (Å²) in [5.41, 5.74) is 8.47. The zero-order valence-electron chi connectivity index (χ0n) is 17.9. The lowest BCUT2D eigenvalue weighted by atomic mass is 9.94. The van der Waals surface area contributed by atoms with Crippen molar-refractivity contribution in [1.82, 2.24) is 14.9 Å². The van der Waals surface area contributed by atoms with Gasteiger partial charge >= 0.3 is 0 Å². The van der Waals surface area contributed by atoms with Gasteiger partial charge in [0.15, 0.2) is 0 Å². The van der Waals surface area contributed by atoms with Crippen LogP contribution in [-0.4, -0.2) is 26.7 Å². The summed E-state index contributed by atoms with van der Waals surface area (Å²) in [5.74, 6) is -1.33. The van der Waals surface area contributed by atoms with Gasteiger partial charge in [0.25, 0.3) is 5.91 Å². The van der Waals surface area contributed by atoms with Gasteiger partial charge < -0.3 is 10.6 Å². The summed E-state index contributed by atoms with van der Waals surface area (Å²) in [6.45, 7) is 3.53. The van der Waals surface area contributed by atoms with E-state index in [1.165, 1.54) is 18.5 Å². The van der Waals surface area contributed by atoms with E-state index in [9.17, 15) is 14.0 Å². The molecule has 0 bridgehead atoms. The van der Waals surface area contributed by atoms with Crippen LogP contribution in [0.4, 0.5) is 4.39 Å². The number of rotatable bonds is 5. The predicted molar refractivity (Wildman–Crippen MR) is 116 cm³/mol. The van der Waals surface area contributed by atoms with Crippen LogP contribution in [0, 0.1) is 25.6 Å². The fourth-order valence-electron chi connectivity index (χ4n) is 5.26. The SMILES string of the molecule is Cc1cc(F)c2c(c1)C1(N(C(=O)c3nccnc3C)[C@@H](C(N)=O)c3ccccc3)CC1C2. The standard InChI is InChI=1S/C25H23FN4O2/c1-14-10-19-18(20(26)11-14)12-17-13-25(17,19)30(24(32)21-15(2)28-8-9-29-21)22(23(27)31)16-6-4-3-5-7-16/h3-11,17,22H,12-13H2,1-2H3,(H2,27,31)/t17?,22-,25?/m1/s1. The fraction of sp³-hybridized carbons (Fsp3) is 0.280. The molecule has 0 saturated heterocycles. The Morgan fingerprint density at radius 1 is 1.16 bits per heavy atom. The van der Waals surface area contributed by atoms with Crippen LogP contribution in [0.1, 0.15) is 50.9 Å². The molecule has 2 aliphatic carbocycles. The van der Waals surface area contributed by atoms with Crippen LogP contribution in [0.5, 0.6) is 0 Å². The van der Waals surface area contributed by atoms with Crippen LogP contribution in [0.25, 0.3) is 0 Å². The summed E-state index contributed by atoms with van der Waals surface area (Å²) in [4.78, 5) is 36.9. The third-order valence-corrected chi connectivity index (χ3v) is 6.71. The molecule has 2 aromatic carbocycles. The maximum Gasteiger partial charge on any atom is 0.276 e. The second kappa shape index (κ2) is 7.22. The molecule has 3 aromatic rings. The van der Waals surface area contributed by atoms with Crippen molar-refractivity contribution in [3.8, 4) is 0 Å². The maximum atomic E-state index is 14.8. The number of nitrogens with two attached hydrogens (primary N) is 1. The predicted octanol–water partition coefficient (Wildman–Crippen LogP) is 3.37. The molecule has 0 radical (unpaired) electrons. The molecule has 0 spiro atoms. The molecule has 1 aromatic heterocycles. The number of nitrogens with zero attached hydrogens (tertiary/aromatic N) is 3. The number of halogens is 1. The maximum absolute atomic E-state index is 14.8. The van der Waals surface area contributed by atoms with Crippen molar-refractivity contribution in [2.75, 3.05) is 0 Å².